The highest BCUT2D eigenvalue weighted by atomic mass is 19.1. The van der Waals surface area contributed by atoms with Gasteiger partial charge in [0.15, 0.2) is 0 Å². The summed E-state index contributed by atoms with van der Waals surface area (Å²) in [6.07, 6.45) is 0.996. The van der Waals surface area contributed by atoms with Crippen LogP contribution in [0.5, 0.6) is 0 Å². The van der Waals surface area contributed by atoms with E-state index in [9.17, 15) is 14.3 Å². The third-order valence-electron chi connectivity index (χ3n) is 3.61. The number of amides is 1. The maximum atomic E-state index is 12.9. The Balaban J connectivity index is 2.41. The van der Waals surface area contributed by atoms with E-state index in [1.807, 2.05) is 25.8 Å². The van der Waals surface area contributed by atoms with E-state index in [1.165, 1.54) is 18.2 Å². The van der Waals surface area contributed by atoms with Crippen LogP contribution in [0.25, 0.3) is 0 Å². The fourth-order valence-corrected chi connectivity index (χ4v) is 1.76. The molecule has 0 aliphatic carbocycles. The summed E-state index contributed by atoms with van der Waals surface area (Å²) in [4.78, 5) is 13.8. The summed E-state index contributed by atoms with van der Waals surface area (Å²) in [6.45, 7) is 4.63. The molecule has 0 saturated carbocycles. The first-order valence-corrected chi connectivity index (χ1v) is 6.93. The van der Waals surface area contributed by atoms with E-state index in [1.54, 1.807) is 0 Å². The molecule has 1 amide bonds. The van der Waals surface area contributed by atoms with E-state index in [4.69, 9.17) is 5.73 Å². The number of aliphatic hydroxyl groups excluding tert-OH is 1. The van der Waals surface area contributed by atoms with Crippen LogP contribution in [0.1, 0.15) is 26.7 Å². The summed E-state index contributed by atoms with van der Waals surface area (Å²) in [6, 6.07) is 3.88. The summed E-state index contributed by atoms with van der Waals surface area (Å²) in [5.74, 6) is -0.595. The lowest BCUT2D eigenvalue weighted by atomic mass is 10.0. The van der Waals surface area contributed by atoms with E-state index in [0.29, 0.717) is 25.1 Å². The monoisotopic (exact) mass is 297 g/mol. The van der Waals surface area contributed by atoms with Gasteiger partial charge < -0.3 is 16.2 Å². The molecule has 0 aliphatic rings. The largest absolute Gasteiger partial charge is 0.397 e. The van der Waals surface area contributed by atoms with Crippen LogP contribution < -0.4 is 11.1 Å². The number of hydrogen-bond donors (Lipinski definition) is 3. The van der Waals surface area contributed by atoms with Gasteiger partial charge in [-0.15, -0.1) is 0 Å². The number of carbonyl (C=O) groups excluding carboxylic acids is 1. The van der Waals surface area contributed by atoms with Crippen molar-refractivity contribution < 1.29 is 14.3 Å². The van der Waals surface area contributed by atoms with Crippen LogP contribution in [-0.4, -0.2) is 41.7 Å². The van der Waals surface area contributed by atoms with Gasteiger partial charge in [0.25, 0.3) is 0 Å². The van der Waals surface area contributed by atoms with E-state index >= 15 is 0 Å². The Kier molecular flexibility index (Phi) is 6.11. The second-order valence-corrected chi connectivity index (χ2v) is 5.78. The number of nitrogens with two attached hydrogens (primary N) is 1. The van der Waals surface area contributed by atoms with E-state index in [0.717, 1.165) is 0 Å². The molecule has 6 heteroatoms. The van der Waals surface area contributed by atoms with Crippen molar-refractivity contribution in [1.29, 1.82) is 0 Å². The van der Waals surface area contributed by atoms with Crippen LogP contribution in [0.4, 0.5) is 15.8 Å². The number of hydrogen-bond acceptors (Lipinski definition) is 4. The van der Waals surface area contributed by atoms with Crippen molar-refractivity contribution in [1.82, 2.24) is 4.90 Å². The Morgan fingerprint density at radius 2 is 2.14 bits per heavy atom. The molecule has 0 heterocycles. The standard InChI is InChI=1S/C15H24FN3O2/c1-15(2,10-20)19(3)8-4-5-14(21)18-13-7-6-11(16)9-12(13)17/h6-7,9,20H,4-5,8,10,17H2,1-3H3,(H,18,21). The predicted octanol–water partition coefficient (Wildman–Crippen LogP) is 1.83. The molecule has 0 spiro atoms. The molecule has 4 N–H and O–H groups in total. The molecule has 5 nitrogen and oxygen atoms in total. The van der Waals surface area contributed by atoms with Crippen molar-refractivity contribution in [2.45, 2.75) is 32.2 Å². The van der Waals surface area contributed by atoms with Crippen molar-refractivity contribution in [2.24, 2.45) is 0 Å². The number of likely N-dealkylation sites (N-methyl/N-ethyl adjacent to an activating group) is 1. The number of rotatable bonds is 7. The minimum atomic E-state index is -0.432. The lowest BCUT2D eigenvalue weighted by Gasteiger charge is -2.33. The zero-order valence-corrected chi connectivity index (χ0v) is 12.8. The van der Waals surface area contributed by atoms with Gasteiger partial charge in [0.1, 0.15) is 5.82 Å². The number of halogens is 1. The van der Waals surface area contributed by atoms with Crippen LogP contribution in [0.3, 0.4) is 0 Å². The van der Waals surface area contributed by atoms with Gasteiger partial charge in [0, 0.05) is 12.0 Å². The average molecular weight is 297 g/mol. The lowest BCUT2D eigenvalue weighted by molar-refractivity contribution is -0.116. The molecule has 21 heavy (non-hydrogen) atoms. The number of benzene rings is 1. The van der Waals surface area contributed by atoms with Crippen molar-refractivity contribution in [3.63, 3.8) is 0 Å². The fraction of sp³-hybridized carbons (Fsp3) is 0.533. The summed E-state index contributed by atoms with van der Waals surface area (Å²) < 4.78 is 12.9. The first kappa shape index (κ1) is 17.4. The van der Waals surface area contributed by atoms with Gasteiger partial charge in [-0.25, -0.2) is 4.39 Å². The molecule has 1 rings (SSSR count). The summed E-state index contributed by atoms with van der Waals surface area (Å²) in [5.41, 5.74) is 5.96. The van der Waals surface area contributed by atoms with Crippen molar-refractivity contribution in [2.75, 3.05) is 31.2 Å². The van der Waals surface area contributed by atoms with Crippen molar-refractivity contribution in [3.05, 3.63) is 24.0 Å². The molecule has 0 bridgehead atoms. The summed E-state index contributed by atoms with van der Waals surface area (Å²) in [5, 5.41) is 11.9. The lowest BCUT2D eigenvalue weighted by Crippen LogP contribution is -2.44. The zero-order chi connectivity index (χ0) is 16.0. The fourth-order valence-electron chi connectivity index (χ4n) is 1.76. The highest BCUT2D eigenvalue weighted by Gasteiger charge is 2.21. The molecule has 0 saturated heterocycles. The van der Waals surface area contributed by atoms with E-state index in [2.05, 4.69) is 5.32 Å². The number of aliphatic hydroxyl groups is 1. The number of anilines is 2. The summed E-state index contributed by atoms with van der Waals surface area (Å²) in [7, 11) is 1.91. The van der Waals surface area contributed by atoms with Gasteiger partial charge in [0.2, 0.25) is 5.91 Å². The van der Waals surface area contributed by atoms with Crippen LogP contribution in [0.2, 0.25) is 0 Å². The summed E-state index contributed by atoms with van der Waals surface area (Å²) >= 11 is 0. The Bertz CT molecular complexity index is 492. The van der Waals surface area contributed by atoms with Crippen LogP contribution in [-0.2, 0) is 4.79 Å². The minimum absolute atomic E-state index is 0.0574. The Morgan fingerprint density at radius 1 is 1.48 bits per heavy atom. The molecule has 0 aliphatic heterocycles. The van der Waals surface area contributed by atoms with E-state index in [-0.39, 0.29) is 23.7 Å². The topological polar surface area (TPSA) is 78.6 Å². The van der Waals surface area contributed by atoms with Gasteiger partial charge in [0.05, 0.1) is 18.0 Å². The van der Waals surface area contributed by atoms with Gasteiger partial charge in [-0.1, -0.05) is 0 Å². The molecule has 0 aromatic heterocycles. The maximum Gasteiger partial charge on any atom is 0.224 e. The van der Waals surface area contributed by atoms with Crippen molar-refractivity contribution in [3.8, 4) is 0 Å². The second-order valence-electron chi connectivity index (χ2n) is 5.78. The maximum absolute atomic E-state index is 12.9. The highest BCUT2D eigenvalue weighted by molar-refractivity contribution is 5.93. The zero-order valence-electron chi connectivity index (χ0n) is 12.8. The van der Waals surface area contributed by atoms with Crippen LogP contribution >= 0.6 is 0 Å². The number of nitrogen functional groups attached to an aromatic ring is 1. The molecular formula is C15H24FN3O2. The van der Waals surface area contributed by atoms with Crippen LogP contribution in [0, 0.1) is 5.82 Å². The number of carbonyl (C=O) groups is 1. The third-order valence-corrected chi connectivity index (χ3v) is 3.61. The molecule has 0 radical (unpaired) electrons. The number of nitrogens with one attached hydrogen (secondary N) is 1. The van der Waals surface area contributed by atoms with Gasteiger partial charge in [-0.05, 0) is 52.1 Å². The van der Waals surface area contributed by atoms with E-state index < -0.39 is 5.82 Å². The van der Waals surface area contributed by atoms with Crippen molar-refractivity contribution >= 4 is 17.3 Å². The Labute approximate surface area is 124 Å². The molecule has 1 aromatic carbocycles. The number of nitrogens with zero attached hydrogens (tertiary/aromatic N) is 1. The van der Waals surface area contributed by atoms with Crippen LogP contribution in [0.15, 0.2) is 18.2 Å². The third kappa shape index (κ3) is 5.32. The first-order valence-electron chi connectivity index (χ1n) is 6.93. The molecule has 118 valence electrons. The molecule has 0 fully saturated rings. The predicted molar refractivity (Wildman–Crippen MR) is 82.5 cm³/mol. The minimum Gasteiger partial charge on any atom is -0.397 e. The van der Waals surface area contributed by atoms with Gasteiger partial charge >= 0.3 is 0 Å². The second kappa shape index (κ2) is 7.38. The molecule has 1 aromatic rings. The average Bonchev–Trinajstić information content (AvgIpc) is 2.41. The van der Waals surface area contributed by atoms with Gasteiger partial charge in [-0.3, -0.25) is 9.69 Å². The SMILES string of the molecule is CN(CCCC(=O)Nc1ccc(F)cc1N)C(C)(C)CO. The van der Waals surface area contributed by atoms with Gasteiger partial charge in [-0.2, -0.15) is 0 Å². The smallest absolute Gasteiger partial charge is 0.224 e. The Morgan fingerprint density at radius 3 is 2.71 bits per heavy atom. The molecule has 0 atom stereocenters. The quantitative estimate of drug-likeness (QED) is 0.671. The Hall–Kier alpha value is -1.66. The normalized spacial score (nSPS) is 11.7. The highest BCUT2D eigenvalue weighted by Crippen LogP contribution is 2.19. The first-order chi connectivity index (χ1) is 9.76. The molecular weight excluding hydrogens is 273 g/mol. The molecule has 0 unspecified atom stereocenters.